The van der Waals surface area contributed by atoms with Gasteiger partial charge in [0.15, 0.2) is 6.10 Å². The second kappa shape index (κ2) is 27.8. The third-order valence-electron chi connectivity index (χ3n) is 12.9. The molecule has 0 saturated carbocycles. The van der Waals surface area contributed by atoms with Crippen LogP contribution in [0, 0.1) is 36.0 Å². The van der Waals surface area contributed by atoms with E-state index < -0.39 is 78.0 Å². The van der Waals surface area contributed by atoms with Crippen molar-refractivity contribution >= 4 is 35.5 Å². The van der Waals surface area contributed by atoms with Crippen molar-refractivity contribution in [2.45, 2.75) is 195 Å². The van der Waals surface area contributed by atoms with E-state index in [2.05, 4.69) is 42.6 Å². The Bertz CT molecular complexity index is 1680. The fourth-order valence-electron chi connectivity index (χ4n) is 8.54. The molecule has 10 atom stereocenters. The van der Waals surface area contributed by atoms with Crippen LogP contribution in [-0.2, 0) is 39.9 Å². The van der Waals surface area contributed by atoms with E-state index in [1.165, 1.54) is 9.80 Å². The zero-order valence-corrected chi connectivity index (χ0v) is 41.6. The average molecular weight is 893 g/mol. The molecule has 360 valence electrons. The van der Waals surface area contributed by atoms with Gasteiger partial charge in [-0.05, 0) is 75.8 Å². The molecule has 0 radical (unpaired) electrons. The minimum Gasteiger partial charge on any atom is -0.450 e. The summed E-state index contributed by atoms with van der Waals surface area (Å²) in [7, 11) is 4.94. The number of nitrogens with zero attached hydrogens (tertiary/aromatic N) is 3. The van der Waals surface area contributed by atoms with Gasteiger partial charge < -0.3 is 30.5 Å². The highest BCUT2D eigenvalue weighted by Gasteiger charge is 2.40. The molecule has 1 aromatic carbocycles. The molecule has 1 heterocycles. The summed E-state index contributed by atoms with van der Waals surface area (Å²) in [6, 6.07) is 3.74. The van der Waals surface area contributed by atoms with Crippen LogP contribution < -0.4 is 16.0 Å². The first-order valence-corrected chi connectivity index (χ1v) is 24.0. The summed E-state index contributed by atoms with van der Waals surface area (Å²) < 4.78 is 5.89. The molecule has 0 spiro atoms. The van der Waals surface area contributed by atoms with Gasteiger partial charge in [0, 0.05) is 32.6 Å². The lowest BCUT2D eigenvalue weighted by atomic mass is 9.91. The number of carbonyl (C=O) groups is 6. The Balaban J connectivity index is 2.88. The highest BCUT2D eigenvalue weighted by molar-refractivity contribution is 5.96. The minimum atomic E-state index is -1.39. The van der Waals surface area contributed by atoms with Crippen molar-refractivity contribution in [2.24, 2.45) is 23.7 Å². The highest BCUT2D eigenvalue weighted by Crippen LogP contribution is 2.23. The number of carbonyl (C=O) groups excluding carboxylic acids is 6. The molecule has 0 bridgehead atoms. The SMILES string of the molecule is C#CC[C@H]1OC(=O)[C@H](C)N(C)C(C)[C@H](C[C@H](C)CCCC)NC(=O)[C@H](Cc2ccccc2)N(C)C(=O)[C@H](CC(C)C)NC(=O)[C@H](CC(C)C)N(C)C(=O)[C@H](C[C@H](C)CCCC)NC1=O. The van der Waals surface area contributed by atoms with Crippen LogP contribution in [0.2, 0.25) is 0 Å². The number of nitrogens with one attached hydrogen (secondary N) is 3. The molecular weight excluding hydrogens is 809 g/mol. The number of cyclic esters (lactones) is 1. The maximum absolute atomic E-state index is 14.8. The van der Waals surface area contributed by atoms with Crippen molar-refractivity contribution in [1.29, 1.82) is 0 Å². The standard InChI is InChI=1S/C51H84N6O7/c1-15-18-24-35(8)30-40-37(10)55(12)38(11)51(63)64-45(23-17-3)48(60)54-42(31-36(9)25-19-16-2)50(62)56(13)43(29-34(6)7)46(58)53-41(28-33(4)5)49(61)57(14)44(47(59)52-40)32-39-26-21-20-22-27-39/h3,20-22,26-27,33-38,40-45H,15-16,18-19,23-25,28-32H2,1-2,4-14H3,(H,52,59)(H,53,58)(H,54,60)/t35-,36-,37?,38+,40+,41+,42+,43+,44+,45-/m1/s1. The molecule has 13 heteroatoms. The van der Waals surface area contributed by atoms with Crippen molar-refractivity contribution < 1.29 is 33.5 Å². The third-order valence-corrected chi connectivity index (χ3v) is 12.9. The molecule has 13 nitrogen and oxygen atoms in total. The van der Waals surface area contributed by atoms with E-state index in [9.17, 15) is 28.8 Å². The Morgan fingerprint density at radius 2 is 1.17 bits per heavy atom. The molecule has 0 aliphatic carbocycles. The summed E-state index contributed by atoms with van der Waals surface area (Å²) in [4.78, 5) is 91.7. The monoisotopic (exact) mass is 893 g/mol. The topological polar surface area (TPSA) is 157 Å². The van der Waals surface area contributed by atoms with Crippen LogP contribution >= 0.6 is 0 Å². The number of hydrogen-bond acceptors (Lipinski definition) is 8. The van der Waals surface area contributed by atoms with Gasteiger partial charge in [-0.15, -0.1) is 12.3 Å². The van der Waals surface area contributed by atoms with Crippen LogP contribution in [0.3, 0.4) is 0 Å². The average Bonchev–Trinajstić information content (AvgIpc) is 3.25. The van der Waals surface area contributed by atoms with E-state index >= 15 is 0 Å². The zero-order valence-electron chi connectivity index (χ0n) is 41.6. The fraction of sp³-hybridized carbons (Fsp3) is 0.725. The van der Waals surface area contributed by atoms with Crippen LogP contribution in [0.15, 0.2) is 30.3 Å². The first-order valence-electron chi connectivity index (χ1n) is 24.0. The first kappa shape index (κ1) is 55.7. The normalized spacial score (nSPS) is 26.4. The molecule has 0 aromatic heterocycles. The van der Waals surface area contributed by atoms with Crippen LogP contribution in [0.1, 0.15) is 145 Å². The van der Waals surface area contributed by atoms with Gasteiger partial charge >= 0.3 is 5.97 Å². The van der Waals surface area contributed by atoms with Gasteiger partial charge in [-0.1, -0.05) is 124 Å². The van der Waals surface area contributed by atoms with E-state index in [1.807, 2.05) is 76.8 Å². The first-order chi connectivity index (χ1) is 30.2. The number of amides is 5. The number of ether oxygens (including phenoxy) is 1. The predicted molar refractivity (Wildman–Crippen MR) is 255 cm³/mol. The summed E-state index contributed by atoms with van der Waals surface area (Å²) in [6.07, 6.45) is 11.5. The largest absolute Gasteiger partial charge is 0.450 e. The molecule has 3 N–H and O–H groups in total. The van der Waals surface area contributed by atoms with Crippen molar-refractivity contribution in [3.8, 4) is 12.3 Å². The maximum atomic E-state index is 14.8. The van der Waals surface area contributed by atoms with Crippen molar-refractivity contribution in [3.05, 3.63) is 35.9 Å². The molecule has 1 aliphatic heterocycles. The lowest BCUT2D eigenvalue weighted by molar-refractivity contribution is -0.161. The number of hydrogen-bond donors (Lipinski definition) is 3. The van der Waals surface area contributed by atoms with E-state index in [0.717, 1.165) is 44.1 Å². The van der Waals surface area contributed by atoms with Gasteiger partial charge in [-0.3, -0.25) is 33.7 Å². The Labute approximate surface area is 386 Å². The summed E-state index contributed by atoms with van der Waals surface area (Å²) in [5.74, 6) is -0.514. The number of unbranched alkanes of at least 4 members (excludes halogenated alkanes) is 2. The van der Waals surface area contributed by atoms with Gasteiger partial charge in [-0.2, -0.15) is 0 Å². The Morgan fingerprint density at radius 1 is 0.672 bits per heavy atom. The minimum absolute atomic E-state index is 0.0149. The third kappa shape index (κ3) is 17.5. The van der Waals surface area contributed by atoms with Crippen LogP contribution in [0.4, 0.5) is 0 Å². The number of rotatable bonds is 17. The van der Waals surface area contributed by atoms with Crippen LogP contribution in [-0.4, -0.2) is 120 Å². The summed E-state index contributed by atoms with van der Waals surface area (Å²) in [5, 5.41) is 9.22. The molecule has 1 unspecified atom stereocenters. The number of likely N-dealkylation sites (N-methyl/N-ethyl adjacent to an activating group) is 3. The number of benzene rings is 1. The lowest BCUT2D eigenvalue weighted by Gasteiger charge is -2.38. The van der Waals surface area contributed by atoms with Gasteiger partial charge in [-0.25, -0.2) is 0 Å². The van der Waals surface area contributed by atoms with Crippen LogP contribution in [0.5, 0.6) is 0 Å². The molecule has 1 fully saturated rings. The molecule has 1 saturated heterocycles. The number of esters is 1. The van der Waals surface area contributed by atoms with Crippen molar-refractivity contribution in [1.82, 2.24) is 30.7 Å². The fourth-order valence-corrected chi connectivity index (χ4v) is 8.54. The molecule has 5 amide bonds. The van der Waals surface area contributed by atoms with Gasteiger partial charge in [0.2, 0.25) is 23.6 Å². The Hall–Kier alpha value is -4.44. The molecule has 2 rings (SSSR count). The van der Waals surface area contributed by atoms with E-state index in [0.29, 0.717) is 6.42 Å². The number of terminal acetylenes is 1. The van der Waals surface area contributed by atoms with Gasteiger partial charge in [0.25, 0.3) is 5.91 Å². The van der Waals surface area contributed by atoms with Gasteiger partial charge in [0.1, 0.15) is 30.2 Å². The summed E-state index contributed by atoms with van der Waals surface area (Å²) in [6.45, 7) is 19.9. The molecule has 1 aliphatic rings. The zero-order chi connectivity index (χ0) is 48.3. The quantitative estimate of drug-likeness (QED) is 0.118. The van der Waals surface area contributed by atoms with E-state index in [-0.39, 0.29) is 61.7 Å². The lowest BCUT2D eigenvalue weighted by Crippen LogP contribution is -2.60. The van der Waals surface area contributed by atoms with E-state index in [1.54, 1.807) is 28.1 Å². The molecular formula is C51H84N6O7. The smallest absolute Gasteiger partial charge is 0.323 e. The van der Waals surface area contributed by atoms with Crippen molar-refractivity contribution in [3.63, 3.8) is 0 Å². The summed E-state index contributed by atoms with van der Waals surface area (Å²) >= 11 is 0. The highest BCUT2D eigenvalue weighted by atomic mass is 16.5. The summed E-state index contributed by atoms with van der Waals surface area (Å²) in [5.41, 5.74) is 0.854. The maximum Gasteiger partial charge on any atom is 0.323 e. The second-order valence-electron chi connectivity index (χ2n) is 19.5. The van der Waals surface area contributed by atoms with Crippen LogP contribution in [0.25, 0.3) is 0 Å². The molecule has 64 heavy (non-hydrogen) atoms. The molecule has 1 aromatic rings. The Morgan fingerprint density at radius 3 is 1.70 bits per heavy atom. The second-order valence-corrected chi connectivity index (χ2v) is 19.5. The predicted octanol–water partition coefficient (Wildman–Crippen LogP) is 6.52. The van der Waals surface area contributed by atoms with Gasteiger partial charge in [0.05, 0.1) is 6.42 Å². The Kier molecular flexibility index (Phi) is 24.2. The van der Waals surface area contributed by atoms with Crippen molar-refractivity contribution in [2.75, 3.05) is 21.1 Å². The van der Waals surface area contributed by atoms with E-state index in [4.69, 9.17) is 11.2 Å².